The topological polar surface area (TPSA) is 55.6 Å². The van der Waals surface area contributed by atoms with Crippen molar-refractivity contribution in [2.75, 3.05) is 26.7 Å². The van der Waals surface area contributed by atoms with Gasteiger partial charge in [0.2, 0.25) is 0 Å². The molecule has 0 radical (unpaired) electrons. The van der Waals surface area contributed by atoms with Gasteiger partial charge in [0.25, 0.3) is 0 Å². The standard InChI is InChI=1S/C8H18N2O2/c1-4-12-8(11)6-10(3)5-7(2)9/h7H,4-6,9H2,1-3H3/t7-/m1/s1. The molecule has 4 nitrogen and oxygen atoms in total. The van der Waals surface area contributed by atoms with E-state index in [1.807, 2.05) is 18.9 Å². The molecule has 0 aromatic carbocycles. The molecule has 0 unspecified atom stereocenters. The quantitative estimate of drug-likeness (QED) is 0.588. The van der Waals surface area contributed by atoms with E-state index in [4.69, 9.17) is 10.5 Å². The minimum atomic E-state index is -0.194. The molecule has 4 heteroatoms. The van der Waals surface area contributed by atoms with Crippen molar-refractivity contribution in [1.82, 2.24) is 4.90 Å². The van der Waals surface area contributed by atoms with Gasteiger partial charge in [0.15, 0.2) is 0 Å². The van der Waals surface area contributed by atoms with Crippen LogP contribution in [0.3, 0.4) is 0 Å². The zero-order valence-corrected chi connectivity index (χ0v) is 8.04. The molecule has 0 aliphatic rings. The number of hydrogen-bond acceptors (Lipinski definition) is 4. The molecule has 0 aliphatic heterocycles. The van der Waals surface area contributed by atoms with Crippen LogP contribution in [0.1, 0.15) is 13.8 Å². The number of hydrogen-bond donors (Lipinski definition) is 1. The molecule has 0 aliphatic carbocycles. The summed E-state index contributed by atoms with van der Waals surface area (Å²) in [5, 5.41) is 0. The number of nitrogens with two attached hydrogens (primary N) is 1. The highest BCUT2D eigenvalue weighted by molar-refractivity contribution is 5.71. The molecule has 1 atom stereocenters. The van der Waals surface area contributed by atoms with Gasteiger partial charge in [-0.05, 0) is 20.9 Å². The third-order valence-corrected chi connectivity index (χ3v) is 1.30. The number of carbonyl (C=O) groups excluding carboxylic acids is 1. The molecule has 0 spiro atoms. The predicted octanol–water partition coefficient (Wildman–Crippen LogP) is -0.171. The first-order valence-corrected chi connectivity index (χ1v) is 4.16. The fraction of sp³-hybridized carbons (Fsp3) is 0.875. The van der Waals surface area contributed by atoms with Crippen molar-refractivity contribution in [3.63, 3.8) is 0 Å². The van der Waals surface area contributed by atoms with Gasteiger partial charge >= 0.3 is 5.97 Å². The third-order valence-electron chi connectivity index (χ3n) is 1.30. The Balaban J connectivity index is 3.54. The van der Waals surface area contributed by atoms with E-state index in [0.29, 0.717) is 19.7 Å². The zero-order chi connectivity index (χ0) is 9.56. The lowest BCUT2D eigenvalue weighted by molar-refractivity contribution is -0.144. The average molecular weight is 174 g/mol. The molecule has 0 heterocycles. The Morgan fingerprint density at radius 1 is 1.67 bits per heavy atom. The predicted molar refractivity (Wildman–Crippen MR) is 47.8 cm³/mol. The van der Waals surface area contributed by atoms with Crippen molar-refractivity contribution >= 4 is 5.97 Å². The van der Waals surface area contributed by atoms with Gasteiger partial charge in [-0.2, -0.15) is 0 Å². The van der Waals surface area contributed by atoms with Crippen LogP contribution in [-0.2, 0) is 9.53 Å². The number of esters is 1. The average Bonchev–Trinajstić information content (AvgIpc) is 1.84. The SMILES string of the molecule is CCOC(=O)CN(C)C[C@@H](C)N. The highest BCUT2D eigenvalue weighted by atomic mass is 16.5. The number of ether oxygens (including phenoxy) is 1. The van der Waals surface area contributed by atoms with Crippen LogP contribution in [0.25, 0.3) is 0 Å². The first kappa shape index (κ1) is 11.4. The van der Waals surface area contributed by atoms with Crippen LogP contribution in [0.15, 0.2) is 0 Å². The minimum absolute atomic E-state index is 0.0874. The third kappa shape index (κ3) is 6.12. The molecule has 72 valence electrons. The summed E-state index contributed by atoms with van der Waals surface area (Å²) in [4.78, 5) is 12.8. The van der Waals surface area contributed by atoms with Crippen molar-refractivity contribution in [1.29, 1.82) is 0 Å². The summed E-state index contributed by atoms with van der Waals surface area (Å²) in [6.45, 7) is 5.16. The molecule has 0 saturated carbocycles. The zero-order valence-electron chi connectivity index (χ0n) is 8.04. The van der Waals surface area contributed by atoms with Crippen molar-refractivity contribution < 1.29 is 9.53 Å². The fourth-order valence-corrected chi connectivity index (χ4v) is 0.983. The summed E-state index contributed by atoms with van der Waals surface area (Å²) in [6.07, 6.45) is 0. The highest BCUT2D eigenvalue weighted by Crippen LogP contribution is 1.87. The fourth-order valence-electron chi connectivity index (χ4n) is 0.983. The molecule has 0 fully saturated rings. The summed E-state index contributed by atoms with van der Waals surface area (Å²) >= 11 is 0. The van der Waals surface area contributed by atoms with Gasteiger partial charge in [0.05, 0.1) is 13.2 Å². The van der Waals surface area contributed by atoms with Crippen LogP contribution in [-0.4, -0.2) is 43.7 Å². The normalized spacial score (nSPS) is 13.1. The van der Waals surface area contributed by atoms with Gasteiger partial charge in [-0.1, -0.05) is 0 Å². The Labute approximate surface area is 73.7 Å². The molecular weight excluding hydrogens is 156 g/mol. The Bertz CT molecular complexity index is 137. The summed E-state index contributed by atoms with van der Waals surface area (Å²) < 4.78 is 4.77. The summed E-state index contributed by atoms with van der Waals surface area (Å²) in [6, 6.07) is 0.0874. The Hall–Kier alpha value is -0.610. The number of carbonyl (C=O) groups is 1. The molecule has 0 bridgehead atoms. The summed E-state index contributed by atoms with van der Waals surface area (Å²) in [7, 11) is 1.85. The van der Waals surface area contributed by atoms with Gasteiger partial charge in [-0.3, -0.25) is 9.69 Å². The molecule has 0 aromatic heterocycles. The van der Waals surface area contributed by atoms with Gasteiger partial charge < -0.3 is 10.5 Å². The number of nitrogens with zero attached hydrogens (tertiary/aromatic N) is 1. The second kappa shape index (κ2) is 5.97. The molecule has 12 heavy (non-hydrogen) atoms. The lowest BCUT2D eigenvalue weighted by Gasteiger charge is -2.17. The Morgan fingerprint density at radius 3 is 2.67 bits per heavy atom. The van der Waals surface area contributed by atoms with E-state index in [0.717, 1.165) is 0 Å². The van der Waals surface area contributed by atoms with Crippen LogP contribution in [0.5, 0.6) is 0 Å². The molecule has 0 amide bonds. The van der Waals surface area contributed by atoms with Crippen molar-refractivity contribution in [2.45, 2.75) is 19.9 Å². The van der Waals surface area contributed by atoms with E-state index >= 15 is 0 Å². The smallest absolute Gasteiger partial charge is 0.320 e. The highest BCUT2D eigenvalue weighted by Gasteiger charge is 2.07. The number of likely N-dealkylation sites (N-methyl/N-ethyl adjacent to an activating group) is 1. The van der Waals surface area contributed by atoms with Crippen molar-refractivity contribution in [3.8, 4) is 0 Å². The first-order valence-electron chi connectivity index (χ1n) is 4.16. The largest absolute Gasteiger partial charge is 0.465 e. The lowest BCUT2D eigenvalue weighted by atomic mass is 10.3. The monoisotopic (exact) mass is 174 g/mol. The Morgan fingerprint density at radius 2 is 2.25 bits per heavy atom. The second-order valence-electron chi connectivity index (χ2n) is 2.98. The van der Waals surface area contributed by atoms with Crippen molar-refractivity contribution in [3.05, 3.63) is 0 Å². The van der Waals surface area contributed by atoms with Crippen LogP contribution in [0.4, 0.5) is 0 Å². The second-order valence-corrected chi connectivity index (χ2v) is 2.98. The van der Waals surface area contributed by atoms with E-state index in [9.17, 15) is 4.79 Å². The van der Waals surface area contributed by atoms with E-state index < -0.39 is 0 Å². The first-order chi connectivity index (χ1) is 5.56. The molecule has 0 saturated heterocycles. The maximum Gasteiger partial charge on any atom is 0.320 e. The van der Waals surface area contributed by atoms with Crippen LogP contribution >= 0.6 is 0 Å². The van der Waals surface area contributed by atoms with E-state index in [1.54, 1.807) is 6.92 Å². The van der Waals surface area contributed by atoms with Gasteiger partial charge in [-0.15, -0.1) is 0 Å². The molecular formula is C8H18N2O2. The van der Waals surface area contributed by atoms with E-state index in [1.165, 1.54) is 0 Å². The summed E-state index contributed by atoms with van der Waals surface area (Å²) in [5.41, 5.74) is 5.55. The lowest BCUT2D eigenvalue weighted by Crippen LogP contribution is -2.36. The van der Waals surface area contributed by atoms with E-state index in [2.05, 4.69) is 0 Å². The molecule has 0 aromatic rings. The van der Waals surface area contributed by atoms with Gasteiger partial charge in [-0.25, -0.2) is 0 Å². The maximum atomic E-state index is 10.9. The van der Waals surface area contributed by atoms with Crippen LogP contribution in [0, 0.1) is 0 Å². The molecule has 0 rings (SSSR count). The van der Waals surface area contributed by atoms with Crippen molar-refractivity contribution in [2.24, 2.45) is 5.73 Å². The summed E-state index contributed by atoms with van der Waals surface area (Å²) in [5.74, 6) is -0.194. The number of rotatable bonds is 5. The van der Waals surface area contributed by atoms with E-state index in [-0.39, 0.29) is 12.0 Å². The Kier molecular flexibility index (Phi) is 5.66. The van der Waals surface area contributed by atoms with Gasteiger partial charge in [0.1, 0.15) is 0 Å². The van der Waals surface area contributed by atoms with Crippen LogP contribution < -0.4 is 5.73 Å². The minimum Gasteiger partial charge on any atom is -0.465 e. The van der Waals surface area contributed by atoms with Gasteiger partial charge in [0, 0.05) is 12.6 Å². The van der Waals surface area contributed by atoms with Crippen LogP contribution in [0.2, 0.25) is 0 Å². The molecule has 2 N–H and O–H groups in total. The maximum absolute atomic E-state index is 10.9.